The van der Waals surface area contributed by atoms with Crippen molar-refractivity contribution < 1.29 is 19.0 Å². The Kier molecular flexibility index (Phi) is 5.61. The number of rotatable bonds is 5. The Balaban J connectivity index is 1.75. The van der Waals surface area contributed by atoms with Crippen LogP contribution in [0.2, 0.25) is 5.02 Å². The molecule has 4 nitrogen and oxygen atoms in total. The summed E-state index contributed by atoms with van der Waals surface area (Å²) in [6.45, 7) is 0.144. The summed E-state index contributed by atoms with van der Waals surface area (Å²) in [5, 5.41) is 11.9. The predicted octanol–water partition coefficient (Wildman–Crippen LogP) is 3.65. The molecule has 0 aliphatic heterocycles. The Hall–Kier alpha value is -2.27. The molecule has 0 saturated heterocycles. The maximum atomic E-state index is 13.5. The van der Waals surface area contributed by atoms with Crippen molar-refractivity contribution in [1.29, 1.82) is 0 Å². The molecule has 0 aromatic heterocycles. The molecule has 2 N–H and O–H groups in total. The molecule has 0 atom stereocenters. The fourth-order valence-corrected chi connectivity index (χ4v) is 2.05. The number of hydrogen-bond donors (Lipinski definition) is 2. The molecule has 116 valence electrons. The van der Waals surface area contributed by atoms with Crippen LogP contribution in [0.25, 0.3) is 0 Å². The van der Waals surface area contributed by atoms with E-state index in [9.17, 15) is 9.18 Å². The van der Waals surface area contributed by atoms with E-state index in [0.717, 1.165) is 5.56 Å². The van der Waals surface area contributed by atoms with E-state index in [-0.39, 0.29) is 22.9 Å². The first kappa shape index (κ1) is 16.1. The molecule has 0 bridgehead atoms. The largest absolute Gasteiger partial charge is 0.508 e. The van der Waals surface area contributed by atoms with Crippen LogP contribution >= 0.6 is 11.6 Å². The topological polar surface area (TPSA) is 58.6 Å². The zero-order valence-corrected chi connectivity index (χ0v) is 12.4. The minimum atomic E-state index is -0.641. The Bertz CT molecular complexity index is 626. The molecule has 0 aliphatic carbocycles. The molecular weight excluding hydrogens is 309 g/mol. The second-order valence-electron chi connectivity index (χ2n) is 4.62. The highest BCUT2D eigenvalue weighted by Gasteiger charge is 2.09. The van der Waals surface area contributed by atoms with Gasteiger partial charge in [0.2, 0.25) is 0 Å². The highest BCUT2D eigenvalue weighted by molar-refractivity contribution is 6.31. The van der Waals surface area contributed by atoms with Gasteiger partial charge in [-0.15, -0.1) is 0 Å². The monoisotopic (exact) mass is 323 g/mol. The molecule has 2 aromatic carbocycles. The van der Waals surface area contributed by atoms with Gasteiger partial charge in [-0.2, -0.15) is 0 Å². The van der Waals surface area contributed by atoms with Gasteiger partial charge in [-0.1, -0.05) is 29.8 Å². The van der Waals surface area contributed by atoms with Crippen LogP contribution in [0.3, 0.4) is 0 Å². The average molecular weight is 324 g/mol. The molecule has 2 aromatic rings. The maximum Gasteiger partial charge on any atom is 0.407 e. The number of carbonyl (C=O) groups excluding carboxylic acids is 1. The van der Waals surface area contributed by atoms with Gasteiger partial charge in [0, 0.05) is 12.1 Å². The summed E-state index contributed by atoms with van der Waals surface area (Å²) >= 11 is 5.84. The van der Waals surface area contributed by atoms with Gasteiger partial charge >= 0.3 is 6.09 Å². The summed E-state index contributed by atoms with van der Waals surface area (Å²) in [5.74, 6) is -0.317. The molecule has 1 amide bonds. The van der Waals surface area contributed by atoms with E-state index in [4.69, 9.17) is 21.4 Å². The normalized spacial score (nSPS) is 10.3. The quantitative estimate of drug-likeness (QED) is 0.883. The molecule has 0 spiro atoms. The second kappa shape index (κ2) is 7.66. The zero-order valence-electron chi connectivity index (χ0n) is 11.7. The number of amides is 1. The van der Waals surface area contributed by atoms with E-state index in [1.54, 1.807) is 24.3 Å². The first-order valence-electron chi connectivity index (χ1n) is 6.67. The van der Waals surface area contributed by atoms with E-state index in [1.807, 2.05) is 0 Å². The lowest BCUT2D eigenvalue weighted by Crippen LogP contribution is -2.26. The van der Waals surface area contributed by atoms with Crippen LogP contribution in [0.1, 0.15) is 11.1 Å². The number of benzene rings is 2. The fourth-order valence-electron chi connectivity index (χ4n) is 1.83. The van der Waals surface area contributed by atoms with Crippen LogP contribution in [0.15, 0.2) is 42.5 Å². The van der Waals surface area contributed by atoms with E-state index >= 15 is 0 Å². The van der Waals surface area contributed by atoms with Crippen LogP contribution in [0.4, 0.5) is 9.18 Å². The van der Waals surface area contributed by atoms with E-state index in [0.29, 0.717) is 13.0 Å². The summed E-state index contributed by atoms with van der Waals surface area (Å²) in [5.41, 5.74) is 1.12. The van der Waals surface area contributed by atoms with Crippen LogP contribution in [0.5, 0.6) is 5.75 Å². The number of aromatic hydroxyl groups is 1. The molecule has 22 heavy (non-hydrogen) atoms. The van der Waals surface area contributed by atoms with E-state index < -0.39 is 11.9 Å². The fraction of sp³-hybridized carbons (Fsp3) is 0.188. The minimum Gasteiger partial charge on any atom is -0.508 e. The predicted molar refractivity (Wildman–Crippen MR) is 81.4 cm³/mol. The molecule has 0 radical (unpaired) electrons. The molecule has 0 saturated carbocycles. The SMILES string of the molecule is O=C(NCCc1ccc(O)cc1)OCc1c(F)cccc1Cl. The minimum absolute atomic E-state index is 0.151. The van der Waals surface area contributed by atoms with Crippen molar-refractivity contribution in [2.24, 2.45) is 0 Å². The number of phenols is 1. The maximum absolute atomic E-state index is 13.5. The van der Waals surface area contributed by atoms with Crippen LogP contribution < -0.4 is 5.32 Å². The summed E-state index contributed by atoms with van der Waals surface area (Å²) in [7, 11) is 0. The van der Waals surface area contributed by atoms with Crippen molar-refractivity contribution in [2.75, 3.05) is 6.54 Å². The van der Waals surface area contributed by atoms with Crippen molar-refractivity contribution in [2.45, 2.75) is 13.0 Å². The van der Waals surface area contributed by atoms with E-state index in [2.05, 4.69) is 5.32 Å². The first-order chi connectivity index (χ1) is 10.6. The molecule has 0 aliphatic rings. The van der Waals surface area contributed by atoms with Crippen LogP contribution in [-0.4, -0.2) is 17.7 Å². The van der Waals surface area contributed by atoms with Gasteiger partial charge in [0.15, 0.2) is 0 Å². The number of nitrogens with one attached hydrogen (secondary N) is 1. The van der Waals surface area contributed by atoms with Crippen molar-refractivity contribution in [3.63, 3.8) is 0 Å². The van der Waals surface area contributed by atoms with Crippen molar-refractivity contribution in [3.8, 4) is 5.75 Å². The Labute approximate surface area is 132 Å². The summed E-state index contributed by atoms with van der Waals surface area (Å²) in [4.78, 5) is 11.5. The van der Waals surface area contributed by atoms with Gasteiger partial charge in [0.25, 0.3) is 0 Å². The highest BCUT2D eigenvalue weighted by Crippen LogP contribution is 2.19. The summed E-state index contributed by atoms with van der Waals surface area (Å²) in [6, 6.07) is 11.0. The molecule has 0 unspecified atom stereocenters. The number of ether oxygens (including phenoxy) is 1. The van der Waals surface area contributed by atoms with Crippen LogP contribution in [-0.2, 0) is 17.8 Å². The van der Waals surface area contributed by atoms with Crippen molar-refractivity contribution >= 4 is 17.7 Å². The van der Waals surface area contributed by atoms with Gasteiger partial charge in [0.1, 0.15) is 18.2 Å². The number of phenolic OH excluding ortho intramolecular Hbond substituents is 1. The second-order valence-corrected chi connectivity index (χ2v) is 5.03. The summed E-state index contributed by atoms with van der Waals surface area (Å²) < 4.78 is 18.4. The number of hydrogen-bond acceptors (Lipinski definition) is 3. The molecule has 0 fully saturated rings. The Morgan fingerprint density at radius 1 is 1.23 bits per heavy atom. The number of halogens is 2. The third-order valence-electron chi connectivity index (χ3n) is 3.03. The third kappa shape index (κ3) is 4.63. The molecular formula is C16H15ClFNO3. The zero-order chi connectivity index (χ0) is 15.9. The smallest absolute Gasteiger partial charge is 0.407 e. The average Bonchev–Trinajstić information content (AvgIpc) is 2.49. The first-order valence-corrected chi connectivity index (χ1v) is 7.05. The standard InChI is InChI=1S/C16H15ClFNO3/c17-14-2-1-3-15(18)13(14)10-22-16(21)19-9-8-11-4-6-12(20)7-5-11/h1-7,20H,8-10H2,(H,19,21). The molecule has 0 heterocycles. The Morgan fingerprint density at radius 3 is 2.64 bits per heavy atom. The van der Waals surface area contributed by atoms with Gasteiger partial charge in [-0.05, 0) is 36.2 Å². The van der Waals surface area contributed by atoms with E-state index in [1.165, 1.54) is 18.2 Å². The lowest BCUT2D eigenvalue weighted by atomic mass is 10.1. The van der Waals surface area contributed by atoms with Gasteiger partial charge in [0.05, 0.1) is 5.02 Å². The van der Waals surface area contributed by atoms with Gasteiger partial charge in [-0.25, -0.2) is 9.18 Å². The lowest BCUT2D eigenvalue weighted by Gasteiger charge is -2.09. The lowest BCUT2D eigenvalue weighted by molar-refractivity contribution is 0.138. The van der Waals surface area contributed by atoms with Crippen molar-refractivity contribution in [3.05, 3.63) is 64.4 Å². The van der Waals surface area contributed by atoms with Crippen molar-refractivity contribution in [1.82, 2.24) is 5.32 Å². The van der Waals surface area contributed by atoms with Crippen LogP contribution in [0, 0.1) is 5.82 Å². The highest BCUT2D eigenvalue weighted by atomic mass is 35.5. The number of alkyl carbamates (subject to hydrolysis) is 1. The van der Waals surface area contributed by atoms with Gasteiger partial charge < -0.3 is 15.2 Å². The molecule has 2 rings (SSSR count). The molecule has 6 heteroatoms. The number of carbonyl (C=O) groups is 1. The Morgan fingerprint density at radius 2 is 1.95 bits per heavy atom. The van der Waals surface area contributed by atoms with Gasteiger partial charge in [-0.3, -0.25) is 0 Å². The third-order valence-corrected chi connectivity index (χ3v) is 3.38. The summed E-state index contributed by atoms with van der Waals surface area (Å²) in [6.07, 6.45) is -0.0476.